The van der Waals surface area contributed by atoms with Crippen LogP contribution in [0.1, 0.15) is 11.3 Å². The SMILES string of the molecule is CN(Cc1cc(-c2cccnc2C#N)n(S(=O)(=O)c2c(F)cccc2F)c1)C(=O)O. The molecule has 2 heterocycles. The van der Waals surface area contributed by atoms with E-state index in [0.29, 0.717) is 3.97 Å². The van der Waals surface area contributed by atoms with Gasteiger partial charge in [0.1, 0.15) is 23.4 Å². The Hall–Kier alpha value is -3.78. The summed E-state index contributed by atoms with van der Waals surface area (Å²) in [5, 5.41) is 18.4. The first-order chi connectivity index (χ1) is 14.2. The van der Waals surface area contributed by atoms with Crippen LogP contribution in [-0.4, -0.2) is 40.5 Å². The number of halogens is 2. The fourth-order valence-corrected chi connectivity index (χ4v) is 4.36. The minimum atomic E-state index is -4.78. The van der Waals surface area contributed by atoms with Gasteiger partial charge in [-0.05, 0) is 35.9 Å². The highest BCUT2D eigenvalue weighted by atomic mass is 32.2. The summed E-state index contributed by atoms with van der Waals surface area (Å²) in [7, 11) is -3.50. The van der Waals surface area contributed by atoms with E-state index in [4.69, 9.17) is 5.11 Å². The van der Waals surface area contributed by atoms with Crippen LogP contribution in [0.4, 0.5) is 13.6 Å². The Morgan fingerprint density at radius 1 is 1.27 bits per heavy atom. The molecule has 0 aliphatic heterocycles. The smallest absolute Gasteiger partial charge is 0.407 e. The van der Waals surface area contributed by atoms with E-state index < -0.39 is 32.6 Å². The highest BCUT2D eigenvalue weighted by molar-refractivity contribution is 7.90. The second kappa shape index (κ2) is 7.92. The summed E-state index contributed by atoms with van der Waals surface area (Å²) >= 11 is 0. The predicted octanol–water partition coefficient (Wildman–Crippen LogP) is 3.05. The molecular formula is C19H14F2N4O4S. The summed E-state index contributed by atoms with van der Waals surface area (Å²) in [6.45, 7) is -0.202. The summed E-state index contributed by atoms with van der Waals surface area (Å²) in [6, 6.07) is 8.70. The van der Waals surface area contributed by atoms with Gasteiger partial charge in [-0.1, -0.05) is 6.07 Å². The van der Waals surface area contributed by atoms with Crippen molar-refractivity contribution in [1.82, 2.24) is 13.9 Å². The molecule has 0 saturated carbocycles. The Labute approximate surface area is 170 Å². The predicted molar refractivity (Wildman–Crippen MR) is 101 cm³/mol. The number of nitrogens with zero attached hydrogens (tertiary/aromatic N) is 4. The Morgan fingerprint density at radius 3 is 2.53 bits per heavy atom. The van der Waals surface area contributed by atoms with Crippen LogP contribution >= 0.6 is 0 Å². The summed E-state index contributed by atoms with van der Waals surface area (Å²) < 4.78 is 55.4. The molecule has 0 unspecified atom stereocenters. The van der Waals surface area contributed by atoms with Gasteiger partial charge in [0.25, 0.3) is 10.0 Å². The summed E-state index contributed by atoms with van der Waals surface area (Å²) in [5.41, 5.74) is 0.128. The normalized spacial score (nSPS) is 11.1. The van der Waals surface area contributed by atoms with E-state index in [1.54, 1.807) is 0 Å². The van der Waals surface area contributed by atoms with Crippen LogP contribution < -0.4 is 0 Å². The van der Waals surface area contributed by atoms with E-state index in [1.807, 2.05) is 6.07 Å². The number of pyridine rings is 1. The molecule has 0 fully saturated rings. The Morgan fingerprint density at radius 2 is 1.93 bits per heavy atom. The van der Waals surface area contributed by atoms with Crippen LogP contribution in [-0.2, 0) is 16.6 Å². The van der Waals surface area contributed by atoms with Gasteiger partial charge in [0.15, 0.2) is 4.90 Å². The molecule has 154 valence electrons. The van der Waals surface area contributed by atoms with Gasteiger partial charge >= 0.3 is 6.09 Å². The van der Waals surface area contributed by atoms with Gasteiger partial charge in [-0.2, -0.15) is 5.26 Å². The number of amides is 1. The number of aromatic nitrogens is 2. The molecule has 0 bridgehead atoms. The van der Waals surface area contributed by atoms with Crippen LogP contribution in [0.3, 0.4) is 0 Å². The van der Waals surface area contributed by atoms with Crippen LogP contribution in [0.5, 0.6) is 0 Å². The Kier molecular flexibility index (Phi) is 5.53. The zero-order chi connectivity index (χ0) is 22.1. The summed E-state index contributed by atoms with van der Waals surface area (Å²) in [5.74, 6) is -2.57. The van der Waals surface area contributed by atoms with Crippen molar-refractivity contribution in [2.45, 2.75) is 11.4 Å². The molecule has 1 amide bonds. The van der Waals surface area contributed by atoms with E-state index in [1.165, 1.54) is 31.4 Å². The lowest BCUT2D eigenvalue weighted by molar-refractivity contribution is 0.154. The van der Waals surface area contributed by atoms with Gasteiger partial charge in [-0.3, -0.25) is 0 Å². The molecule has 3 rings (SSSR count). The zero-order valence-electron chi connectivity index (χ0n) is 15.5. The maximum Gasteiger partial charge on any atom is 0.407 e. The van der Waals surface area contributed by atoms with E-state index in [2.05, 4.69) is 4.98 Å². The van der Waals surface area contributed by atoms with E-state index in [0.717, 1.165) is 29.3 Å². The van der Waals surface area contributed by atoms with E-state index in [9.17, 15) is 27.3 Å². The van der Waals surface area contributed by atoms with Crippen LogP contribution in [0.25, 0.3) is 11.3 Å². The molecule has 0 spiro atoms. The van der Waals surface area contributed by atoms with Crippen LogP contribution in [0, 0.1) is 23.0 Å². The number of carbonyl (C=O) groups is 1. The monoisotopic (exact) mass is 432 g/mol. The van der Waals surface area contributed by atoms with Gasteiger partial charge in [0.05, 0.1) is 12.2 Å². The number of rotatable bonds is 5. The maximum atomic E-state index is 14.3. The van der Waals surface area contributed by atoms with Gasteiger partial charge in [-0.15, -0.1) is 0 Å². The van der Waals surface area contributed by atoms with Crippen molar-refractivity contribution in [2.24, 2.45) is 0 Å². The molecule has 11 heteroatoms. The Bertz CT molecular complexity index is 1260. The highest BCUT2D eigenvalue weighted by Crippen LogP contribution is 2.31. The molecule has 2 aromatic heterocycles. The topological polar surface area (TPSA) is 116 Å². The van der Waals surface area contributed by atoms with Gasteiger partial charge in [0.2, 0.25) is 0 Å². The number of hydrogen-bond donors (Lipinski definition) is 1. The standard InChI is InChI=1S/C19H14F2N4O4S/c1-24(19(26)27)10-12-8-17(13-4-3-7-23-16(13)9-22)25(11-12)30(28,29)18-14(20)5-2-6-15(18)21/h2-8,11H,10H2,1H3,(H,26,27). The third-order valence-corrected chi connectivity index (χ3v) is 5.94. The number of benzene rings is 1. The van der Waals surface area contributed by atoms with Crippen molar-refractivity contribution in [3.63, 3.8) is 0 Å². The molecule has 0 radical (unpaired) electrons. The third-order valence-electron chi connectivity index (χ3n) is 4.21. The van der Waals surface area contributed by atoms with E-state index in [-0.39, 0.29) is 29.1 Å². The molecule has 30 heavy (non-hydrogen) atoms. The number of nitriles is 1. The van der Waals surface area contributed by atoms with Crippen molar-refractivity contribution < 1.29 is 27.1 Å². The first-order valence-electron chi connectivity index (χ1n) is 8.37. The second-order valence-corrected chi connectivity index (χ2v) is 7.99. The molecule has 8 nitrogen and oxygen atoms in total. The second-order valence-electron chi connectivity index (χ2n) is 6.24. The summed E-state index contributed by atoms with van der Waals surface area (Å²) in [6.07, 6.45) is 1.13. The van der Waals surface area contributed by atoms with Crippen LogP contribution in [0.2, 0.25) is 0 Å². The van der Waals surface area contributed by atoms with Gasteiger partial charge in [-0.25, -0.2) is 30.9 Å². The van der Waals surface area contributed by atoms with Crippen LogP contribution in [0.15, 0.2) is 53.7 Å². The molecule has 0 saturated heterocycles. The maximum absolute atomic E-state index is 14.3. The third kappa shape index (κ3) is 3.72. The lowest BCUT2D eigenvalue weighted by Gasteiger charge is -2.12. The van der Waals surface area contributed by atoms with Crippen molar-refractivity contribution in [1.29, 1.82) is 5.26 Å². The molecular weight excluding hydrogens is 418 g/mol. The first kappa shape index (κ1) is 20.9. The van der Waals surface area contributed by atoms with Gasteiger partial charge in [0, 0.05) is 25.0 Å². The molecule has 3 aromatic rings. The summed E-state index contributed by atoms with van der Waals surface area (Å²) in [4.78, 5) is 14.7. The molecule has 0 aliphatic carbocycles. The highest BCUT2D eigenvalue weighted by Gasteiger charge is 2.29. The average molecular weight is 432 g/mol. The quantitative estimate of drug-likeness (QED) is 0.662. The first-order valence-corrected chi connectivity index (χ1v) is 9.81. The number of hydrogen-bond acceptors (Lipinski definition) is 5. The fourth-order valence-electron chi connectivity index (χ4n) is 2.85. The zero-order valence-corrected chi connectivity index (χ0v) is 16.3. The average Bonchev–Trinajstić information content (AvgIpc) is 3.12. The Balaban J connectivity index is 2.29. The number of carboxylic acid groups (broad SMARTS) is 1. The van der Waals surface area contributed by atoms with Crippen molar-refractivity contribution in [3.05, 3.63) is 71.7 Å². The molecule has 0 atom stereocenters. The lowest BCUT2D eigenvalue weighted by atomic mass is 10.1. The van der Waals surface area contributed by atoms with Crippen molar-refractivity contribution >= 4 is 16.1 Å². The van der Waals surface area contributed by atoms with Gasteiger partial charge < -0.3 is 10.0 Å². The minimum Gasteiger partial charge on any atom is -0.465 e. The van der Waals surface area contributed by atoms with Crippen molar-refractivity contribution in [3.8, 4) is 17.3 Å². The lowest BCUT2D eigenvalue weighted by Crippen LogP contribution is -2.23. The molecule has 1 aromatic carbocycles. The van der Waals surface area contributed by atoms with Crippen molar-refractivity contribution in [2.75, 3.05) is 7.05 Å². The fraction of sp³-hybridized carbons (Fsp3) is 0.105. The van der Waals surface area contributed by atoms with E-state index >= 15 is 0 Å². The molecule has 1 N–H and O–H groups in total. The minimum absolute atomic E-state index is 0.0870. The molecule has 0 aliphatic rings. The largest absolute Gasteiger partial charge is 0.465 e.